The number of aliphatic hydroxyl groups is 1. The number of rotatable bonds is 7. The summed E-state index contributed by atoms with van der Waals surface area (Å²) >= 11 is 0. The lowest BCUT2D eigenvalue weighted by molar-refractivity contribution is 0.177. The van der Waals surface area contributed by atoms with Gasteiger partial charge in [0.15, 0.2) is 0 Å². The molecule has 0 aliphatic rings. The molecule has 1 aromatic heterocycles. The summed E-state index contributed by atoms with van der Waals surface area (Å²) in [6.45, 7) is 4.78. The molecule has 0 aliphatic carbocycles. The predicted molar refractivity (Wildman–Crippen MR) is 86.9 cm³/mol. The largest absolute Gasteiger partial charge is 0.508 e. The Labute approximate surface area is 131 Å². The monoisotopic (exact) mass is 303 g/mol. The summed E-state index contributed by atoms with van der Waals surface area (Å²) in [7, 11) is 1.80. The molecule has 0 saturated carbocycles. The molecule has 0 spiro atoms. The Morgan fingerprint density at radius 3 is 2.64 bits per heavy atom. The van der Waals surface area contributed by atoms with E-state index >= 15 is 0 Å². The molecule has 0 aliphatic heterocycles. The summed E-state index contributed by atoms with van der Waals surface area (Å²) in [6.07, 6.45) is 2.61. The lowest BCUT2D eigenvalue weighted by Crippen LogP contribution is -2.19. The van der Waals surface area contributed by atoms with Crippen LogP contribution in [0.3, 0.4) is 0 Å². The van der Waals surface area contributed by atoms with E-state index in [0.717, 1.165) is 23.3 Å². The molecule has 2 aromatic rings. The topological polar surface area (TPSA) is 65.6 Å². The highest BCUT2D eigenvalue weighted by molar-refractivity contribution is 5.38. The van der Waals surface area contributed by atoms with Gasteiger partial charge in [-0.25, -0.2) is 0 Å². The zero-order chi connectivity index (χ0) is 16.2. The number of nitrogens with one attached hydrogen (secondary N) is 1. The fraction of sp³-hybridized carbons (Fsp3) is 0.444. The van der Waals surface area contributed by atoms with Crippen LogP contribution in [-0.2, 0) is 12.8 Å². The highest BCUT2D eigenvalue weighted by Gasteiger charge is 2.23. The Kier molecular flexibility index (Phi) is 5.27. The molecular weight excluding hydrogens is 278 g/mol. The Morgan fingerprint density at radius 2 is 2.00 bits per heavy atom. The van der Waals surface area contributed by atoms with Crippen molar-refractivity contribution in [2.75, 3.05) is 13.6 Å². The average molecular weight is 303 g/mol. The third-order valence-corrected chi connectivity index (χ3v) is 3.79. The van der Waals surface area contributed by atoms with Crippen molar-refractivity contribution in [3.05, 3.63) is 53.5 Å². The summed E-state index contributed by atoms with van der Waals surface area (Å²) in [5.41, 5.74) is 1.61. The van der Waals surface area contributed by atoms with E-state index in [2.05, 4.69) is 19.2 Å². The maximum absolute atomic E-state index is 10.1. The Hall–Kier alpha value is -1.78. The molecule has 120 valence electrons. The number of benzene rings is 1. The van der Waals surface area contributed by atoms with Gasteiger partial charge in [0.2, 0.25) is 0 Å². The van der Waals surface area contributed by atoms with Crippen LogP contribution in [0.15, 0.2) is 41.0 Å². The van der Waals surface area contributed by atoms with Gasteiger partial charge in [0, 0.05) is 13.0 Å². The van der Waals surface area contributed by atoms with Gasteiger partial charge in [-0.05, 0) is 54.3 Å². The van der Waals surface area contributed by atoms with Crippen molar-refractivity contribution in [3.63, 3.8) is 0 Å². The van der Waals surface area contributed by atoms with Crippen LogP contribution in [0.5, 0.6) is 5.75 Å². The highest BCUT2D eigenvalue weighted by Crippen LogP contribution is 2.32. The fourth-order valence-electron chi connectivity index (χ4n) is 2.73. The van der Waals surface area contributed by atoms with Crippen molar-refractivity contribution in [1.29, 1.82) is 0 Å². The van der Waals surface area contributed by atoms with Crippen molar-refractivity contribution in [2.45, 2.75) is 32.8 Å². The van der Waals surface area contributed by atoms with Gasteiger partial charge >= 0.3 is 0 Å². The molecule has 1 aromatic carbocycles. The second-order valence-electron chi connectivity index (χ2n) is 6.56. The van der Waals surface area contributed by atoms with E-state index in [4.69, 9.17) is 4.42 Å². The number of hydrogen-bond donors (Lipinski definition) is 3. The van der Waals surface area contributed by atoms with Crippen molar-refractivity contribution >= 4 is 0 Å². The normalized spacial score (nSPS) is 13.3. The van der Waals surface area contributed by atoms with E-state index in [0.29, 0.717) is 13.0 Å². The SMILES string of the molecule is CNC[C@H](O)c1ccc(O)c(CC(C)(C)Cc2ccco2)c1. The number of phenolic OH excluding ortho intramolecular Hbond substituents is 1. The molecule has 0 fully saturated rings. The predicted octanol–water partition coefficient (Wildman–Crippen LogP) is 3.05. The van der Waals surface area contributed by atoms with Gasteiger partial charge in [-0.3, -0.25) is 0 Å². The van der Waals surface area contributed by atoms with Gasteiger partial charge < -0.3 is 19.9 Å². The van der Waals surface area contributed by atoms with E-state index < -0.39 is 6.10 Å². The molecule has 4 nitrogen and oxygen atoms in total. The van der Waals surface area contributed by atoms with Gasteiger partial charge in [-0.1, -0.05) is 19.9 Å². The van der Waals surface area contributed by atoms with Crippen LogP contribution >= 0.6 is 0 Å². The van der Waals surface area contributed by atoms with Crippen LogP contribution in [-0.4, -0.2) is 23.8 Å². The molecule has 0 radical (unpaired) electrons. The number of phenols is 1. The van der Waals surface area contributed by atoms with E-state index in [9.17, 15) is 10.2 Å². The first-order valence-corrected chi connectivity index (χ1v) is 7.58. The number of aromatic hydroxyl groups is 1. The molecule has 1 atom stereocenters. The standard InChI is InChI=1S/C18H25NO3/c1-18(2,11-15-5-4-8-22-15)10-14-9-13(6-7-16(14)20)17(21)12-19-3/h4-9,17,19-21H,10-12H2,1-3H3/t17-/m0/s1. The molecule has 3 N–H and O–H groups in total. The quantitative estimate of drug-likeness (QED) is 0.735. The fourth-order valence-corrected chi connectivity index (χ4v) is 2.73. The molecule has 1 heterocycles. The molecular formula is C18H25NO3. The third kappa shape index (κ3) is 4.36. The Balaban J connectivity index is 2.15. The third-order valence-electron chi connectivity index (χ3n) is 3.79. The molecule has 4 heteroatoms. The maximum atomic E-state index is 10.1. The van der Waals surface area contributed by atoms with Gasteiger partial charge in [0.25, 0.3) is 0 Å². The summed E-state index contributed by atoms with van der Waals surface area (Å²) in [5, 5.41) is 23.2. The highest BCUT2D eigenvalue weighted by atomic mass is 16.3. The van der Waals surface area contributed by atoms with Crippen LogP contribution in [0.1, 0.15) is 36.8 Å². The van der Waals surface area contributed by atoms with Gasteiger partial charge in [0.1, 0.15) is 11.5 Å². The van der Waals surface area contributed by atoms with Gasteiger partial charge in [-0.2, -0.15) is 0 Å². The Morgan fingerprint density at radius 1 is 1.23 bits per heavy atom. The first-order chi connectivity index (χ1) is 10.4. The second kappa shape index (κ2) is 6.99. The summed E-state index contributed by atoms with van der Waals surface area (Å²) in [4.78, 5) is 0. The van der Waals surface area contributed by atoms with E-state index in [1.165, 1.54) is 0 Å². The first kappa shape index (κ1) is 16.6. The lowest BCUT2D eigenvalue weighted by atomic mass is 9.81. The smallest absolute Gasteiger partial charge is 0.118 e. The first-order valence-electron chi connectivity index (χ1n) is 7.58. The van der Waals surface area contributed by atoms with E-state index in [1.54, 1.807) is 25.4 Å². The maximum Gasteiger partial charge on any atom is 0.118 e. The van der Waals surface area contributed by atoms with Crippen molar-refractivity contribution in [3.8, 4) is 5.75 Å². The second-order valence-corrected chi connectivity index (χ2v) is 6.56. The zero-order valence-electron chi connectivity index (χ0n) is 13.5. The van der Waals surface area contributed by atoms with Gasteiger partial charge in [-0.15, -0.1) is 0 Å². The summed E-state index contributed by atoms with van der Waals surface area (Å²) < 4.78 is 5.42. The molecule has 0 amide bonds. The van der Waals surface area contributed by atoms with Crippen molar-refractivity contribution < 1.29 is 14.6 Å². The van der Waals surface area contributed by atoms with Crippen molar-refractivity contribution in [2.24, 2.45) is 5.41 Å². The van der Waals surface area contributed by atoms with Crippen LogP contribution in [0, 0.1) is 5.41 Å². The minimum absolute atomic E-state index is 0.0537. The van der Waals surface area contributed by atoms with Crippen LogP contribution in [0.2, 0.25) is 0 Å². The number of aliphatic hydroxyl groups excluding tert-OH is 1. The summed E-state index contributed by atoms with van der Waals surface area (Å²) in [5.74, 6) is 1.21. The van der Waals surface area contributed by atoms with E-state index in [-0.39, 0.29) is 11.2 Å². The van der Waals surface area contributed by atoms with Gasteiger partial charge in [0.05, 0.1) is 12.4 Å². The van der Waals surface area contributed by atoms with Crippen molar-refractivity contribution in [1.82, 2.24) is 5.32 Å². The zero-order valence-corrected chi connectivity index (χ0v) is 13.5. The molecule has 0 saturated heterocycles. The minimum atomic E-state index is -0.572. The minimum Gasteiger partial charge on any atom is -0.508 e. The van der Waals surface area contributed by atoms with Crippen LogP contribution < -0.4 is 5.32 Å². The number of likely N-dealkylation sites (N-methyl/N-ethyl adjacent to an activating group) is 1. The molecule has 22 heavy (non-hydrogen) atoms. The van der Waals surface area contributed by atoms with Crippen LogP contribution in [0.25, 0.3) is 0 Å². The number of furan rings is 1. The molecule has 0 bridgehead atoms. The lowest BCUT2D eigenvalue weighted by Gasteiger charge is -2.24. The van der Waals surface area contributed by atoms with E-state index in [1.807, 2.05) is 18.2 Å². The molecule has 0 unspecified atom stereocenters. The van der Waals surface area contributed by atoms with Crippen LogP contribution in [0.4, 0.5) is 0 Å². The number of hydrogen-bond acceptors (Lipinski definition) is 4. The average Bonchev–Trinajstić information content (AvgIpc) is 2.93. The summed E-state index contributed by atoms with van der Waals surface area (Å²) in [6, 6.07) is 9.17. The Bertz CT molecular complexity index is 590. The molecule has 2 rings (SSSR count).